The van der Waals surface area contributed by atoms with Gasteiger partial charge < -0.3 is 25.0 Å². The number of hydrogen-bond donors (Lipinski definition) is 4. The van der Waals surface area contributed by atoms with Crippen LogP contribution in [0.3, 0.4) is 0 Å². The van der Waals surface area contributed by atoms with E-state index in [1.54, 1.807) is 24.5 Å². The fraction of sp³-hybridized carbons (Fsp3) is 0.490. The number of nitrogens with one attached hydrogen (secondary N) is 3. The van der Waals surface area contributed by atoms with E-state index in [1.165, 1.54) is 43.7 Å². The molecule has 1 atom stereocenters. The van der Waals surface area contributed by atoms with Crippen molar-refractivity contribution in [3.8, 4) is 11.5 Å². The summed E-state index contributed by atoms with van der Waals surface area (Å²) >= 11 is 0. The van der Waals surface area contributed by atoms with Gasteiger partial charge in [-0.1, -0.05) is 38.1 Å². The van der Waals surface area contributed by atoms with Crippen molar-refractivity contribution in [3.63, 3.8) is 0 Å². The molecule has 2 aliphatic heterocycles. The average molecular weight is 889 g/mol. The predicted molar refractivity (Wildman–Crippen MR) is 249 cm³/mol. The third-order valence-corrected chi connectivity index (χ3v) is 16.0. The normalized spacial score (nSPS) is 22.8. The second-order valence-electron chi connectivity index (χ2n) is 19.4. The first kappa shape index (κ1) is 43.9. The maximum atomic E-state index is 14.1. The Morgan fingerprint density at radius 3 is 2.53 bits per heavy atom. The highest BCUT2D eigenvalue weighted by Crippen LogP contribution is 2.54. The number of rotatable bonds is 13. The SMILES string of the molecule is Cc1nc(NC[C@H]2CC[C@](C)(O)CC2)c(N=O)cc1S(=O)(=O)NC(=O)c1ccc(N2CCC3(CC2)CC(N2CCC[C@H]2c2ccccc2C(C)C)C3)cc1Oc1cnc2[nH]ccc2c1. The number of aliphatic hydroxyl groups is 1. The molecular formula is C49H60N8O6S. The molecule has 2 aromatic carbocycles. The Morgan fingerprint density at radius 1 is 1.02 bits per heavy atom. The van der Waals surface area contributed by atoms with Gasteiger partial charge in [-0.3, -0.25) is 9.69 Å². The number of pyridine rings is 2. The number of fused-ring (bicyclic) bond motifs is 1. The lowest BCUT2D eigenvalue weighted by Gasteiger charge is -2.56. The Labute approximate surface area is 375 Å². The van der Waals surface area contributed by atoms with Crippen molar-refractivity contribution in [2.45, 2.75) is 120 Å². The van der Waals surface area contributed by atoms with Gasteiger partial charge in [-0.15, -0.1) is 4.91 Å². The predicted octanol–water partition coefficient (Wildman–Crippen LogP) is 9.64. The molecule has 3 aromatic heterocycles. The summed E-state index contributed by atoms with van der Waals surface area (Å²) in [6, 6.07) is 20.2. The first-order valence-corrected chi connectivity index (χ1v) is 24.4. The number of aromatic amines is 1. The van der Waals surface area contributed by atoms with Gasteiger partial charge in [0.25, 0.3) is 15.9 Å². The minimum atomic E-state index is -4.53. The highest BCUT2D eigenvalue weighted by atomic mass is 32.2. The summed E-state index contributed by atoms with van der Waals surface area (Å²) in [5, 5.41) is 17.4. The number of nitrogens with zero attached hydrogens (tertiary/aromatic N) is 5. The molecule has 2 aliphatic carbocycles. The molecule has 4 N–H and O–H groups in total. The van der Waals surface area contributed by atoms with Gasteiger partial charge in [0, 0.05) is 55.1 Å². The van der Waals surface area contributed by atoms with E-state index < -0.39 is 21.5 Å². The number of nitroso groups, excluding NO2 is 1. The Bertz CT molecular complexity index is 2640. The Morgan fingerprint density at radius 2 is 1.78 bits per heavy atom. The van der Waals surface area contributed by atoms with Crippen LogP contribution in [0, 0.1) is 23.2 Å². The summed E-state index contributed by atoms with van der Waals surface area (Å²) in [7, 11) is -4.53. The second kappa shape index (κ2) is 17.5. The molecule has 1 spiro atoms. The van der Waals surface area contributed by atoms with Crippen LogP contribution in [0.5, 0.6) is 11.5 Å². The van der Waals surface area contributed by atoms with Gasteiger partial charge in [-0.2, -0.15) is 0 Å². The largest absolute Gasteiger partial charge is 0.455 e. The van der Waals surface area contributed by atoms with Crippen LogP contribution in [-0.4, -0.2) is 77.1 Å². The Hall–Kier alpha value is -5.38. The van der Waals surface area contributed by atoms with Gasteiger partial charge in [-0.25, -0.2) is 23.1 Å². The first-order chi connectivity index (χ1) is 30.7. The molecule has 5 aromatic rings. The second-order valence-corrected chi connectivity index (χ2v) is 21.0. The van der Waals surface area contributed by atoms with Gasteiger partial charge in [0.05, 0.1) is 23.1 Å². The summed E-state index contributed by atoms with van der Waals surface area (Å²) in [5.74, 6) is 0.586. The van der Waals surface area contributed by atoms with Crippen LogP contribution < -0.4 is 19.7 Å². The molecule has 15 heteroatoms. The monoisotopic (exact) mass is 888 g/mol. The van der Waals surface area contributed by atoms with Crippen molar-refractivity contribution in [3.05, 3.63) is 100 Å². The molecule has 9 rings (SSSR count). The number of hydrogen-bond acceptors (Lipinski definition) is 12. The van der Waals surface area contributed by atoms with E-state index in [4.69, 9.17) is 4.74 Å². The molecular weight excluding hydrogens is 829 g/mol. The standard InChI is InChI=1S/C49H60N8O6S/c1-31(2)38-8-5-6-9-39(38)42-10-7-21-57(42)36-27-49(28-36)18-22-56(23-19-49)35-11-12-40(43(25-35)63-37-24-34-15-20-50-45(34)52-30-37)47(58)55-64(61,62)44-26-41(54-60)46(53-32(44)3)51-29-33-13-16-48(4,59)17-14-33/h5-6,8-9,11-12,15,20,24-26,30-31,33,36,42,59H,7,10,13-14,16-19,21-23,27-29H2,1-4H3,(H,50,52)(H,51,53)(H,55,58)/t33-,42-,48-/m0/s1. The highest BCUT2D eigenvalue weighted by molar-refractivity contribution is 7.90. The van der Waals surface area contributed by atoms with Gasteiger partial charge in [0.15, 0.2) is 11.5 Å². The number of aryl methyl sites for hydroxylation is 1. The zero-order valence-corrected chi connectivity index (χ0v) is 38.1. The van der Waals surface area contributed by atoms with E-state index in [9.17, 15) is 23.2 Å². The number of H-pyrrole nitrogens is 1. The maximum absolute atomic E-state index is 14.1. The third kappa shape index (κ3) is 8.99. The summed E-state index contributed by atoms with van der Waals surface area (Å²) in [6.07, 6.45) is 13.3. The number of aromatic nitrogens is 3. The quantitative estimate of drug-likeness (QED) is 0.0827. The topological polar surface area (TPSA) is 182 Å². The van der Waals surface area contributed by atoms with Crippen LogP contribution >= 0.6 is 0 Å². The number of anilines is 2. The molecule has 0 unspecified atom stereocenters. The number of carbonyl (C=O) groups excluding carboxylic acids is 1. The minimum Gasteiger partial charge on any atom is -0.455 e. The Balaban J connectivity index is 0.899. The van der Waals surface area contributed by atoms with Gasteiger partial charge >= 0.3 is 0 Å². The van der Waals surface area contributed by atoms with Crippen molar-refractivity contribution in [1.82, 2.24) is 24.6 Å². The van der Waals surface area contributed by atoms with Crippen LogP contribution in [0.2, 0.25) is 0 Å². The molecule has 338 valence electrons. The summed E-state index contributed by atoms with van der Waals surface area (Å²) in [6.45, 7) is 11.3. The molecule has 14 nitrogen and oxygen atoms in total. The number of piperidine rings is 1. The highest BCUT2D eigenvalue weighted by Gasteiger charge is 2.50. The van der Waals surface area contributed by atoms with Gasteiger partial charge in [-0.05, 0) is 148 Å². The lowest BCUT2D eigenvalue weighted by atomic mass is 9.59. The van der Waals surface area contributed by atoms with Crippen LogP contribution in [0.25, 0.3) is 11.0 Å². The van der Waals surface area contributed by atoms with Gasteiger partial charge in [0.2, 0.25) is 0 Å². The van der Waals surface area contributed by atoms with Crippen LogP contribution in [0.15, 0.2) is 83.1 Å². The fourth-order valence-electron chi connectivity index (χ4n) is 10.8. The van der Waals surface area contributed by atoms with Crippen molar-refractivity contribution in [1.29, 1.82) is 0 Å². The molecule has 0 bridgehead atoms. The van der Waals surface area contributed by atoms with E-state index in [1.807, 2.05) is 25.1 Å². The van der Waals surface area contributed by atoms with Crippen molar-refractivity contribution >= 4 is 44.2 Å². The summed E-state index contributed by atoms with van der Waals surface area (Å²) in [4.78, 5) is 42.7. The minimum absolute atomic E-state index is 0.0140. The summed E-state index contributed by atoms with van der Waals surface area (Å²) < 4.78 is 36.4. The molecule has 5 heterocycles. The van der Waals surface area contributed by atoms with Gasteiger partial charge in [0.1, 0.15) is 22.0 Å². The zero-order valence-electron chi connectivity index (χ0n) is 37.3. The van der Waals surface area contributed by atoms with E-state index >= 15 is 0 Å². The number of carbonyl (C=O) groups is 1. The van der Waals surface area contributed by atoms with Crippen molar-refractivity contribution in [2.75, 3.05) is 36.4 Å². The van der Waals surface area contributed by atoms with Crippen LogP contribution in [0.4, 0.5) is 17.2 Å². The molecule has 2 saturated heterocycles. The van der Waals surface area contributed by atoms with E-state index in [0.717, 1.165) is 62.5 Å². The lowest BCUT2D eigenvalue weighted by molar-refractivity contribution is -0.0227. The lowest BCUT2D eigenvalue weighted by Crippen LogP contribution is -2.54. The smallest absolute Gasteiger partial charge is 0.268 e. The number of amides is 1. The molecule has 0 radical (unpaired) electrons. The number of benzene rings is 2. The number of sulfonamides is 1. The molecule has 4 fully saturated rings. The Kier molecular flexibility index (Phi) is 12.0. The van der Waals surface area contributed by atoms with E-state index in [-0.39, 0.29) is 39.3 Å². The van der Waals surface area contributed by atoms with E-state index in [2.05, 4.69) is 78.1 Å². The van der Waals surface area contributed by atoms with Crippen molar-refractivity contribution < 1.29 is 23.1 Å². The zero-order chi connectivity index (χ0) is 44.8. The molecule has 4 aliphatic rings. The first-order valence-electron chi connectivity index (χ1n) is 22.9. The average Bonchev–Trinajstić information content (AvgIpc) is 3.95. The van der Waals surface area contributed by atoms with Crippen molar-refractivity contribution in [2.24, 2.45) is 16.5 Å². The molecule has 2 saturated carbocycles. The van der Waals surface area contributed by atoms with Crippen LogP contribution in [-0.2, 0) is 10.0 Å². The molecule has 64 heavy (non-hydrogen) atoms. The fourth-order valence-corrected chi connectivity index (χ4v) is 12.0. The number of ether oxygens (including phenoxy) is 1. The maximum Gasteiger partial charge on any atom is 0.268 e. The third-order valence-electron chi connectivity index (χ3n) is 14.6. The van der Waals surface area contributed by atoms with E-state index in [0.29, 0.717) is 54.2 Å². The summed E-state index contributed by atoms with van der Waals surface area (Å²) in [5.41, 5.74) is 4.10. The molecule has 1 amide bonds. The number of likely N-dealkylation sites (tertiary alicyclic amines) is 1. The van der Waals surface area contributed by atoms with Crippen LogP contribution in [0.1, 0.15) is 124 Å².